The van der Waals surface area contributed by atoms with Crippen molar-refractivity contribution in [3.8, 4) is 11.5 Å². The van der Waals surface area contributed by atoms with Crippen LogP contribution in [0, 0.1) is 13.8 Å². The van der Waals surface area contributed by atoms with Gasteiger partial charge in [0.2, 0.25) is 0 Å². The molecule has 4 heterocycles. The number of aromatic nitrogens is 5. The van der Waals surface area contributed by atoms with Crippen molar-refractivity contribution in [2.75, 3.05) is 6.54 Å². The summed E-state index contributed by atoms with van der Waals surface area (Å²) in [7, 11) is 0. The van der Waals surface area contributed by atoms with Crippen LogP contribution in [0.2, 0.25) is 0 Å². The third-order valence-electron chi connectivity index (χ3n) is 4.51. The predicted octanol–water partition coefficient (Wildman–Crippen LogP) is 3.28. The zero-order valence-electron chi connectivity index (χ0n) is 13.9. The van der Waals surface area contributed by atoms with Crippen LogP contribution >= 0.6 is 11.3 Å². The van der Waals surface area contributed by atoms with Crippen molar-refractivity contribution in [1.82, 2.24) is 29.8 Å². The number of aromatic amines is 1. The van der Waals surface area contributed by atoms with Gasteiger partial charge in [-0.2, -0.15) is 0 Å². The van der Waals surface area contributed by atoms with E-state index in [4.69, 9.17) is 0 Å². The maximum atomic E-state index is 4.67. The van der Waals surface area contributed by atoms with Gasteiger partial charge in [0.15, 0.2) is 5.82 Å². The molecule has 0 aliphatic carbocycles. The fourth-order valence-corrected chi connectivity index (χ4v) is 3.99. The lowest BCUT2D eigenvalue weighted by Gasteiger charge is -2.23. The summed E-state index contributed by atoms with van der Waals surface area (Å²) >= 11 is 1.73. The van der Waals surface area contributed by atoms with Gasteiger partial charge in [-0.05, 0) is 33.2 Å². The highest BCUT2D eigenvalue weighted by Gasteiger charge is 2.28. The quantitative estimate of drug-likeness (QED) is 0.789. The van der Waals surface area contributed by atoms with Crippen LogP contribution in [0.25, 0.3) is 11.5 Å². The van der Waals surface area contributed by atoms with E-state index in [0.717, 1.165) is 48.1 Å². The number of hydrogen-bond donors (Lipinski definition) is 1. The molecule has 1 N–H and O–H groups in total. The number of nitrogens with zero attached hydrogens (tertiary/aromatic N) is 5. The largest absolute Gasteiger partial charge is 0.341 e. The van der Waals surface area contributed by atoms with E-state index in [1.807, 2.05) is 24.8 Å². The van der Waals surface area contributed by atoms with E-state index in [-0.39, 0.29) is 0 Å². The molecule has 1 fully saturated rings. The van der Waals surface area contributed by atoms with Gasteiger partial charge in [0.05, 0.1) is 35.3 Å². The topological polar surface area (TPSA) is 70.6 Å². The van der Waals surface area contributed by atoms with Gasteiger partial charge in [-0.25, -0.2) is 15.0 Å². The summed E-state index contributed by atoms with van der Waals surface area (Å²) in [5.41, 5.74) is 5.92. The zero-order chi connectivity index (χ0) is 16.5. The highest BCUT2D eigenvalue weighted by atomic mass is 32.1. The Labute approximate surface area is 145 Å². The van der Waals surface area contributed by atoms with Gasteiger partial charge >= 0.3 is 0 Å². The molecule has 0 bridgehead atoms. The number of likely N-dealkylation sites (tertiary alicyclic amines) is 1. The van der Waals surface area contributed by atoms with Crippen molar-refractivity contribution in [3.05, 3.63) is 46.1 Å². The van der Waals surface area contributed by atoms with Crippen molar-refractivity contribution in [2.24, 2.45) is 0 Å². The van der Waals surface area contributed by atoms with Gasteiger partial charge in [-0.3, -0.25) is 9.88 Å². The highest BCUT2D eigenvalue weighted by molar-refractivity contribution is 7.09. The zero-order valence-corrected chi connectivity index (χ0v) is 14.7. The third-order valence-corrected chi connectivity index (χ3v) is 5.43. The number of thiazole rings is 1. The van der Waals surface area contributed by atoms with Gasteiger partial charge in [0, 0.05) is 23.3 Å². The van der Waals surface area contributed by atoms with Crippen molar-refractivity contribution >= 4 is 11.3 Å². The Morgan fingerprint density at radius 3 is 2.75 bits per heavy atom. The minimum atomic E-state index is 0.339. The summed E-state index contributed by atoms with van der Waals surface area (Å²) in [6.07, 6.45) is 7.86. The van der Waals surface area contributed by atoms with Crippen molar-refractivity contribution < 1.29 is 0 Å². The minimum Gasteiger partial charge on any atom is -0.341 e. The van der Waals surface area contributed by atoms with Crippen LogP contribution in [0.3, 0.4) is 0 Å². The molecule has 0 aromatic carbocycles. The second kappa shape index (κ2) is 6.41. The van der Waals surface area contributed by atoms with E-state index in [2.05, 4.69) is 36.7 Å². The monoisotopic (exact) mass is 340 g/mol. The van der Waals surface area contributed by atoms with Crippen LogP contribution < -0.4 is 0 Å². The Balaban J connectivity index is 1.53. The second-order valence-electron chi connectivity index (χ2n) is 6.23. The van der Waals surface area contributed by atoms with Crippen LogP contribution in [0.5, 0.6) is 0 Å². The molecule has 0 amide bonds. The molecule has 1 aliphatic heterocycles. The summed E-state index contributed by atoms with van der Waals surface area (Å²) in [5, 5.41) is 0. The first-order valence-electron chi connectivity index (χ1n) is 8.17. The maximum absolute atomic E-state index is 4.67. The summed E-state index contributed by atoms with van der Waals surface area (Å²) < 4.78 is 0. The average Bonchev–Trinajstić information content (AvgIpc) is 3.31. The van der Waals surface area contributed by atoms with Gasteiger partial charge in [-0.15, -0.1) is 11.3 Å². The van der Waals surface area contributed by atoms with Crippen LogP contribution in [0.1, 0.15) is 40.8 Å². The van der Waals surface area contributed by atoms with E-state index in [0.29, 0.717) is 6.04 Å². The molecule has 3 aromatic heterocycles. The molecule has 0 radical (unpaired) electrons. The molecule has 1 atom stereocenters. The number of H-pyrrole nitrogens is 1. The van der Waals surface area contributed by atoms with E-state index < -0.39 is 0 Å². The van der Waals surface area contributed by atoms with Crippen LogP contribution in [0.15, 0.2) is 24.1 Å². The molecule has 0 saturated carbocycles. The molecule has 4 rings (SSSR count). The van der Waals surface area contributed by atoms with Crippen molar-refractivity contribution in [1.29, 1.82) is 0 Å². The first-order valence-corrected chi connectivity index (χ1v) is 9.05. The summed E-state index contributed by atoms with van der Waals surface area (Å²) in [5.74, 6) is 0.773. The van der Waals surface area contributed by atoms with Crippen LogP contribution in [-0.4, -0.2) is 36.4 Å². The number of nitrogens with one attached hydrogen (secondary N) is 1. The van der Waals surface area contributed by atoms with E-state index in [9.17, 15) is 0 Å². The average molecular weight is 340 g/mol. The molecule has 6 nitrogen and oxygen atoms in total. The summed E-state index contributed by atoms with van der Waals surface area (Å²) in [6.45, 7) is 6.11. The molecule has 24 heavy (non-hydrogen) atoms. The molecule has 1 saturated heterocycles. The lowest BCUT2D eigenvalue weighted by molar-refractivity contribution is 0.245. The molecule has 0 spiro atoms. The minimum absolute atomic E-state index is 0.339. The third kappa shape index (κ3) is 2.97. The van der Waals surface area contributed by atoms with Gasteiger partial charge in [0.25, 0.3) is 0 Å². The fraction of sp³-hybridized carbons (Fsp3) is 0.412. The SMILES string of the molecule is Cc1cnc(-c2cnc(C3CCCN3Cc3scnc3C)cn2)[nH]1. The van der Waals surface area contributed by atoms with Gasteiger partial charge in [-0.1, -0.05) is 0 Å². The first-order chi connectivity index (χ1) is 11.7. The van der Waals surface area contributed by atoms with Crippen molar-refractivity contribution in [3.63, 3.8) is 0 Å². The smallest absolute Gasteiger partial charge is 0.157 e. The molecule has 124 valence electrons. The lowest BCUT2D eigenvalue weighted by Crippen LogP contribution is -2.23. The van der Waals surface area contributed by atoms with E-state index >= 15 is 0 Å². The normalized spacial score (nSPS) is 18.3. The lowest BCUT2D eigenvalue weighted by atomic mass is 10.1. The molecule has 7 heteroatoms. The van der Waals surface area contributed by atoms with Crippen molar-refractivity contribution in [2.45, 2.75) is 39.3 Å². The Bertz CT molecular complexity index is 822. The predicted molar refractivity (Wildman–Crippen MR) is 93.6 cm³/mol. The van der Waals surface area contributed by atoms with Crippen LogP contribution in [-0.2, 0) is 6.54 Å². The Morgan fingerprint density at radius 2 is 2.08 bits per heavy atom. The maximum Gasteiger partial charge on any atom is 0.157 e. The van der Waals surface area contributed by atoms with E-state index in [1.54, 1.807) is 17.5 Å². The molecule has 1 aliphatic rings. The highest BCUT2D eigenvalue weighted by Crippen LogP contribution is 2.33. The Hall–Kier alpha value is -2.12. The van der Waals surface area contributed by atoms with Crippen LogP contribution in [0.4, 0.5) is 0 Å². The Morgan fingerprint density at radius 1 is 1.17 bits per heavy atom. The molecule has 1 unspecified atom stereocenters. The molecule has 3 aromatic rings. The Kier molecular flexibility index (Phi) is 4.12. The number of imidazole rings is 1. The van der Waals surface area contributed by atoms with Gasteiger partial charge < -0.3 is 4.98 Å². The van der Waals surface area contributed by atoms with Gasteiger partial charge in [0.1, 0.15) is 5.69 Å². The second-order valence-corrected chi connectivity index (χ2v) is 7.17. The first kappa shape index (κ1) is 15.4. The number of hydrogen-bond acceptors (Lipinski definition) is 6. The molecular weight excluding hydrogens is 320 g/mol. The van der Waals surface area contributed by atoms with E-state index in [1.165, 1.54) is 11.3 Å². The molecular formula is C17H20N6S. The summed E-state index contributed by atoms with van der Waals surface area (Å²) in [4.78, 5) is 24.9. The number of rotatable bonds is 4. The summed E-state index contributed by atoms with van der Waals surface area (Å²) in [6, 6.07) is 0.339. The number of aryl methyl sites for hydroxylation is 2. The standard InChI is InChI=1S/C17H20N6S/c1-11-6-20-17(22-11)14-8-18-13(7-19-14)15-4-3-5-23(15)9-16-12(2)21-10-24-16/h6-8,10,15H,3-5,9H2,1-2H3,(H,20,22). The fourth-order valence-electron chi connectivity index (χ4n) is 3.19.